The second kappa shape index (κ2) is 4.18. The third kappa shape index (κ3) is 8.31. The van der Waals surface area contributed by atoms with Crippen LogP contribution < -0.4 is 0 Å². The Morgan fingerprint density at radius 3 is 2.22 bits per heavy atom. The van der Waals surface area contributed by atoms with Crippen LogP contribution in [0.25, 0.3) is 0 Å². The molecule has 0 saturated carbocycles. The van der Waals surface area contributed by atoms with Gasteiger partial charge in [0.25, 0.3) is 0 Å². The van der Waals surface area contributed by atoms with E-state index in [0.717, 1.165) is 11.7 Å². The van der Waals surface area contributed by atoms with Crippen molar-refractivity contribution in [3.8, 4) is 0 Å². The third-order valence-electron chi connectivity index (χ3n) is 0.614. The second-order valence-electron chi connectivity index (χ2n) is 1.67. The Morgan fingerprint density at radius 1 is 1.33 bits per heavy atom. The minimum absolute atomic E-state index is 0.215. The van der Waals surface area contributed by atoms with E-state index in [-0.39, 0.29) is 15.0 Å². The second-order valence-corrected chi connectivity index (χ2v) is 3.99. The zero-order valence-electron chi connectivity index (χ0n) is 5.16. The summed E-state index contributed by atoms with van der Waals surface area (Å²) in [4.78, 5) is 0. The van der Waals surface area contributed by atoms with Crippen molar-refractivity contribution in [2.24, 2.45) is 0 Å². The zero-order chi connectivity index (χ0) is 7.33. The van der Waals surface area contributed by atoms with Gasteiger partial charge in [-0.1, -0.05) is 0 Å². The number of hydrogen-bond donors (Lipinski definition) is 0. The molecule has 0 aromatic carbocycles. The summed E-state index contributed by atoms with van der Waals surface area (Å²) in [7, 11) is 0. The molecule has 0 aliphatic heterocycles. The first-order valence-electron chi connectivity index (χ1n) is 2.70. The van der Waals surface area contributed by atoms with Crippen LogP contribution in [0, 0.1) is 0 Å². The predicted molar refractivity (Wildman–Crippen MR) is 31.7 cm³/mol. The van der Waals surface area contributed by atoms with Gasteiger partial charge in [0.15, 0.2) is 0 Å². The van der Waals surface area contributed by atoms with Crippen molar-refractivity contribution in [2.75, 3.05) is 0 Å². The Balaban J connectivity index is 3.07. The summed E-state index contributed by atoms with van der Waals surface area (Å²) in [6.07, 6.45) is -3.05. The number of hydrogen-bond acceptors (Lipinski definition) is 0. The molecule has 0 aliphatic rings. The number of alkyl halides is 3. The summed E-state index contributed by atoms with van der Waals surface area (Å²) in [5, 5.41) is 0.181. The molecule has 4 heteroatoms. The first kappa shape index (κ1) is 9.31. The van der Waals surface area contributed by atoms with E-state index >= 15 is 0 Å². The Morgan fingerprint density at radius 2 is 1.89 bits per heavy atom. The first-order chi connectivity index (χ1) is 4.06. The van der Waals surface area contributed by atoms with E-state index in [4.69, 9.17) is 0 Å². The van der Waals surface area contributed by atoms with Crippen LogP contribution in [0.3, 0.4) is 0 Å². The molecule has 0 rings (SSSR count). The van der Waals surface area contributed by atoms with Crippen molar-refractivity contribution in [3.05, 3.63) is 0 Å². The van der Waals surface area contributed by atoms with Gasteiger partial charge < -0.3 is 0 Å². The van der Waals surface area contributed by atoms with Crippen LogP contribution in [0.2, 0.25) is 10.6 Å². The van der Waals surface area contributed by atoms with Gasteiger partial charge in [-0.2, -0.15) is 0 Å². The number of rotatable bonds is 3. The molecule has 0 aromatic heterocycles. The van der Waals surface area contributed by atoms with Crippen LogP contribution in [0.5, 0.6) is 0 Å². The molecule has 0 heterocycles. The Bertz CT molecular complexity index is 69.1. The fourth-order valence-corrected chi connectivity index (χ4v) is 1.73. The van der Waals surface area contributed by atoms with Crippen molar-refractivity contribution in [3.63, 3.8) is 0 Å². The van der Waals surface area contributed by atoms with Crippen molar-refractivity contribution in [1.82, 2.24) is 0 Å². The molecule has 0 spiro atoms. The molecule has 0 saturated heterocycles. The van der Waals surface area contributed by atoms with E-state index in [1.807, 2.05) is 6.92 Å². The third-order valence-corrected chi connectivity index (χ3v) is 3.19. The molecule has 0 bridgehead atoms. The van der Waals surface area contributed by atoms with Gasteiger partial charge in [-0.3, -0.25) is 0 Å². The van der Waals surface area contributed by atoms with Gasteiger partial charge in [-0.15, -0.1) is 0 Å². The minimum atomic E-state index is -3.92. The molecular formula is C5H9F3Se. The van der Waals surface area contributed by atoms with E-state index in [0.29, 0.717) is 0 Å². The van der Waals surface area contributed by atoms with Crippen molar-refractivity contribution >= 4 is 15.0 Å². The quantitative estimate of drug-likeness (QED) is 0.490. The summed E-state index contributed by atoms with van der Waals surface area (Å²) >= 11 is -0.215. The van der Waals surface area contributed by atoms with Crippen LogP contribution in [0.1, 0.15) is 13.3 Å². The maximum absolute atomic E-state index is 11.4. The topological polar surface area (TPSA) is 0 Å². The molecule has 0 unspecified atom stereocenters. The molecule has 0 nitrogen and oxygen atoms in total. The molecule has 56 valence electrons. The van der Waals surface area contributed by atoms with Gasteiger partial charge >= 0.3 is 58.3 Å². The molecule has 0 aromatic rings. The van der Waals surface area contributed by atoms with Crippen LogP contribution in [-0.2, 0) is 0 Å². The van der Waals surface area contributed by atoms with E-state index in [1.54, 1.807) is 0 Å². The summed E-state index contributed by atoms with van der Waals surface area (Å²) in [5.41, 5.74) is 0. The fourth-order valence-electron chi connectivity index (χ4n) is 0.332. The van der Waals surface area contributed by atoms with E-state index < -0.39 is 11.5 Å². The molecule has 0 amide bonds. The molecule has 0 N–H and O–H groups in total. The van der Waals surface area contributed by atoms with Crippen molar-refractivity contribution in [1.29, 1.82) is 0 Å². The molecule has 0 fully saturated rings. The maximum atomic E-state index is 11.4. The molecule has 0 aliphatic carbocycles. The average molecular weight is 205 g/mol. The Kier molecular flexibility index (Phi) is 4.32. The van der Waals surface area contributed by atoms with Gasteiger partial charge in [-0.05, 0) is 0 Å². The summed E-state index contributed by atoms with van der Waals surface area (Å²) in [6, 6.07) is 0. The Labute approximate surface area is 59.0 Å². The standard InChI is InChI=1S/C5H9F3Se/c1-2-3-9-4-5(6,7)8/h2-4H2,1H3. The van der Waals surface area contributed by atoms with Gasteiger partial charge in [0.1, 0.15) is 0 Å². The van der Waals surface area contributed by atoms with E-state index in [9.17, 15) is 13.2 Å². The van der Waals surface area contributed by atoms with Crippen LogP contribution in [0.4, 0.5) is 13.2 Å². The van der Waals surface area contributed by atoms with Crippen LogP contribution in [-0.4, -0.2) is 21.1 Å². The number of halogens is 3. The van der Waals surface area contributed by atoms with Gasteiger partial charge in [0.05, 0.1) is 0 Å². The zero-order valence-corrected chi connectivity index (χ0v) is 6.88. The van der Waals surface area contributed by atoms with E-state index in [2.05, 4.69) is 0 Å². The van der Waals surface area contributed by atoms with Gasteiger partial charge in [0, 0.05) is 0 Å². The van der Waals surface area contributed by atoms with E-state index in [1.165, 1.54) is 0 Å². The first-order valence-corrected chi connectivity index (χ1v) is 5.13. The molecule has 0 atom stereocenters. The SMILES string of the molecule is CCC[Se]CC(F)(F)F. The fraction of sp³-hybridized carbons (Fsp3) is 1.00. The molecule has 9 heavy (non-hydrogen) atoms. The average Bonchev–Trinajstić information content (AvgIpc) is 1.63. The van der Waals surface area contributed by atoms with Crippen LogP contribution >= 0.6 is 0 Å². The monoisotopic (exact) mass is 206 g/mol. The molecular weight excluding hydrogens is 196 g/mol. The van der Waals surface area contributed by atoms with Crippen LogP contribution in [0.15, 0.2) is 0 Å². The molecule has 0 radical (unpaired) electrons. The van der Waals surface area contributed by atoms with Crippen molar-refractivity contribution in [2.45, 2.75) is 30.2 Å². The normalized spacial score (nSPS) is 12.0. The summed E-state index contributed by atoms with van der Waals surface area (Å²) in [5.74, 6) is 0. The Hall–Kier alpha value is 0.309. The summed E-state index contributed by atoms with van der Waals surface area (Å²) < 4.78 is 34.2. The van der Waals surface area contributed by atoms with Gasteiger partial charge in [-0.25, -0.2) is 0 Å². The summed E-state index contributed by atoms with van der Waals surface area (Å²) in [6.45, 7) is 1.90. The van der Waals surface area contributed by atoms with Gasteiger partial charge in [0.2, 0.25) is 0 Å². The predicted octanol–water partition coefficient (Wildman–Crippen LogP) is 2.50. The van der Waals surface area contributed by atoms with Crippen molar-refractivity contribution < 1.29 is 13.2 Å².